The van der Waals surface area contributed by atoms with Crippen molar-refractivity contribution in [2.24, 2.45) is 4.40 Å². The minimum absolute atomic E-state index is 0.142. The van der Waals surface area contributed by atoms with Gasteiger partial charge < -0.3 is 0 Å². The molecule has 0 bridgehead atoms. The molecule has 100 valence electrons. The van der Waals surface area contributed by atoms with Gasteiger partial charge >= 0.3 is 0 Å². The molecule has 0 aliphatic heterocycles. The third kappa shape index (κ3) is 3.38. The van der Waals surface area contributed by atoms with Crippen LogP contribution in [0.5, 0.6) is 0 Å². The molecule has 0 atom stereocenters. The quantitative estimate of drug-likeness (QED) is 0.776. The van der Waals surface area contributed by atoms with Crippen LogP contribution in [0.4, 0.5) is 4.39 Å². The molecule has 0 aliphatic rings. The second kappa shape index (κ2) is 5.09. The van der Waals surface area contributed by atoms with E-state index in [1.807, 2.05) is 0 Å². The SMILES string of the molecule is C/C(=N\S(=O)(=O)C(C)(C)C)c1cc(Br)ccc1F. The fraction of sp³-hybridized carbons (Fsp3) is 0.417. The van der Waals surface area contributed by atoms with Crippen molar-refractivity contribution < 1.29 is 12.8 Å². The highest BCUT2D eigenvalue weighted by Gasteiger charge is 2.28. The molecule has 0 unspecified atom stereocenters. The summed E-state index contributed by atoms with van der Waals surface area (Å²) in [5, 5.41) is 0. The molecule has 0 radical (unpaired) electrons. The normalized spacial score (nSPS) is 13.8. The summed E-state index contributed by atoms with van der Waals surface area (Å²) in [6.07, 6.45) is 0. The number of sulfonamides is 1. The molecule has 0 amide bonds. The van der Waals surface area contributed by atoms with Crippen LogP contribution in [0.15, 0.2) is 27.1 Å². The van der Waals surface area contributed by atoms with Crippen molar-refractivity contribution in [2.45, 2.75) is 32.4 Å². The second-order valence-electron chi connectivity index (χ2n) is 4.89. The van der Waals surface area contributed by atoms with Gasteiger partial charge in [-0.25, -0.2) is 12.8 Å². The fourth-order valence-electron chi connectivity index (χ4n) is 1.14. The molecule has 0 aromatic heterocycles. The van der Waals surface area contributed by atoms with Gasteiger partial charge in [-0.15, -0.1) is 0 Å². The van der Waals surface area contributed by atoms with Crippen molar-refractivity contribution in [2.75, 3.05) is 0 Å². The highest BCUT2D eigenvalue weighted by Crippen LogP contribution is 2.21. The average molecular weight is 336 g/mol. The Kier molecular flexibility index (Phi) is 4.33. The van der Waals surface area contributed by atoms with E-state index in [4.69, 9.17) is 0 Å². The van der Waals surface area contributed by atoms with Gasteiger partial charge in [0.05, 0.1) is 10.5 Å². The summed E-state index contributed by atoms with van der Waals surface area (Å²) in [6.45, 7) is 6.14. The molecular formula is C12H15BrFNO2S. The van der Waals surface area contributed by atoms with Crippen molar-refractivity contribution in [1.29, 1.82) is 0 Å². The van der Waals surface area contributed by atoms with Gasteiger partial charge in [0.2, 0.25) is 0 Å². The van der Waals surface area contributed by atoms with Crippen LogP contribution in [-0.4, -0.2) is 18.9 Å². The molecule has 0 fully saturated rings. The zero-order valence-corrected chi connectivity index (χ0v) is 13.1. The molecule has 1 aromatic carbocycles. The molecule has 1 rings (SSSR count). The second-order valence-corrected chi connectivity index (χ2v) is 8.16. The number of rotatable bonds is 2. The first-order valence-electron chi connectivity index (χ1n) is 5.31. The molecule has 0 saturated heterocycles. The molecule has 18 heavy (non-hydrogen) atoms. The van der Waals surface area contributed by atoms with E-state index in [1.165, 1.54) is 19.1 Å². The van der Waals surface area contributed by atoms with Crippen LogP contribution < -0.4 is 0 Å². The van der Waals surface area contributed by atoms with Gasteiger partial charge in [0.1, 0.15) is 5.82 Å². The van der Waals surface area contributed by atoms with Gasteiger partial charge in [-0.2, -0.15) is 4.40 Å². The molecule has 0 spiro atoms. The Labute approximate surface area is 115 Å². The summed E-state index contributed by atoms with van der Waals surface area (Å²) in [5.74, 6) is -0.497. The van der Waals surface area contributed by atoms with Gasteiger partial charge in [0, 0.05) is 10.0 Å². The maximum atomic E-state index is 13.6. The topological polar surface area (TPSA) is 46.5 Å². The summed E-state index contributed by atoms with van der Waals surface area (Å²) in [5.41, 5.74) is 0.320. The van der Waals surface area contributed by atoms with E-state index in [0.29, 0.717) is 4.47 Å². The largest absolute Gasteiger partial charge is 0.258 e. The number of halogens is 2. The summed E-state index contributed by atoms with van der Waals surface area (Å²) in [7, 11) is -3.67. The number of nitrogens with zero attached hydrogens (tertiary/aromatic N) is 1. The predicted octanol–water partition coefficient (Wildman–Crippen LogP) is 3.53. The molecule has 3 nitrogen and oxygen atoms in total. The highest BCUT2D eigenvalue weighted by molar-refractivity contribution is 9.10. The maximum Gasteiger partial charge on any atom is 0.258 e. The molecule has 1 aromatic rings. The van der Waals surface area contributed by atoms with E-state index in [0.717, 1.165) is 0 Å². The van der Waals surface area contributed by atoms with Crippen molar-refractivity contribution >= 4 is 31.7 Å². The Morgan fingerprint density at radius 1 is 1.33 bits per heavy atom. The van der Waals surface area contributed by atoms with Crippen LogP contribution in [0.2, 0.25) is 0 Å². The number of hydrogen-bond donors (Lipinski definition) is 0. The number of hydrogen-bond acceptors (Lipinski definition) is 2. The van der Waals surface area contributed by atoms with E-state index in [9.17, 15) is 12.8 Å². The highest BCUT2D eigenvalue weighted by atomic mass is 79.9. The lowest BCUT2D eigenvalue weighted by Gasteiger charge is -2.16. The predicted molar refractivity (Wildman–Crippen MR) is 75.0 cm³/mol. The maximum absolute atomic E-state index is 13.6. The standard InChI is InChI=1S/C12H15BrFNO2S/c1-8(15-18(16,17)12(2,3)4)10-7-9(13)5-6-11(10)14/h5-7H,1-4H3/b15-8+. The van der Waals surface area contributed by atoms with E-state index in [1.54, 1.807) is 26.8 Å². The molecule has 0 heterocycles. The first-order valence-corrected chi connectivity index (χ1v) is 7.54. The molecule has 0 aliphatic carbocycles. The van der Waals surface area contributed by atoms with Gasteiger partial charge in [-0.3, -0.25) is 0 Å². The lowest BCUT2D eigenvalue weighted by atomic mass is 10.1. The van der Waals surface area contributed by atoms with Crippen molar-refractivity contribution in [1.82, 2.24) is 0 Å². The van der Waals surface area contributed by atoms with Crippen LogP contribution in [0.25, 0.3) is 0 Å². The van der Waals surface area contributed by atoms with Gasteiger partial charge in [0.15, 0.2) is 0 Å². The summed E-state index contributed by atoms with van der Waals surface area (Å²) in [4.78, 5) is 0. The molecule has 6 heteroatoms. The Balaban J connectivity index is 3.31. The van der Waals surface area contributed by atoms with Gasteiger partial charge in [0.25, 0.3) is 10.0 Å². The summed E-state index contributed by atoms with van der Waals surface area (Å²) in [6, 6.07) is 4.32. The Hall–Kier alpha value is -0.750. The first kappa shape index (κ1) is 15.3. The van der Waals surface area contributed by atoms with E-state index >= 15 is 0 Å². The smallest absolute Gasteiger partial charge is 0.206 e. The van der Waals surface area contributed by atoms with E-state index in [2.05, 4.69) is 20.3 Å². The molecular weight excluding hydrogens is 321 g/mol. The van der Waals surface area contributed by atoms with Crippen LogP contribution in [0, 0.1) is 5.82 Å². The Morgan fingerprint density at radius 2 is 1.89 bits per heavy atom. The van der Waals surface area contributed by atoms with E-state index < -0.39 is 20.6 Å². The summed E-state index contributed by atoms with van der Waals surface area (Å²) < 4.78 is 40.8. The summed E-state index contributed by atoms with van der Waals surface area (Å²) >= 11 is 3.21. The minimum Gasteiger partial charge on any atom is -0.206 e. The van der Waals surface area contributed by atoms with Crippen molar-refractivity contribution in [3.63, 3.8) is 0 Å². The third-order valence-corrected chi connectivity index (χ3v) is 4.90. The monoisotopic (exact) mass is 335 g/mol. The van der Waals surface area contributed by atoms with Crippen LogP contribution in [0.1, 0.15) is 33.3 Å². The van der Waals surface area contributed by atoms with Gasteiger partial charge in [-0.05, 0) is 45.9 Å². The Bertz CT molecular complexity index is 589. The van der Waals surface area contributed by atoms with Crippen LogP contribution >= 0.6 is 15.9 Å². The lowest BCUT2D eigenvalue weighted by molar-refractivity contribution is 0.562. The zero-order valence-electron chi connectivity index (χ0n) is 10.7. The first-order chi connectivity index (χ1) is 8.04. The fourth-order valence-corrected chi connectivity index (χ4v) is 2.23. The zero-order chi connectivity index (χ0) is 14.1. The average Bonchev–Trinajstić information content (AvgIpc) is 2.19. The minimum atomic E-state index is -3.67. The lowest BCUT2D eigenvalue weighted by Crippen LogP contribution is -2.26. The van der Waals surface area contributed by atoms with Crippen LogP contribution in [0.3, 0.4) is 0 Å². The molecule has 0 N–H and O–H groups in total. The van der Waals surface area contributed by atoms with Gasteiger partial charge in [-0.1, -0.05) is 15.9 Å². The van der Waals surface area contributed by atoms with E-state index in [-0.39, 0.29) is 11.3 Å². The number of benzene rings is 1. The van der Waals surface area contributed by atoms with Crippen molar-refractivity contribution in [3.8, 4) is 0 Å². The molecule has 0 saturated carbocycles. The van der Waals surface area contributed by atoms with Crippen LogP contribution in [-0.2, 0) is 10.0 Å². The van der Waals surface area contributed by atoms with Crippen molar-refractivity contribution in [3.05, 3.63) is 34.1 Å². The Morgan fingerprint density at radius 3 is 2.39 bits per heavy atom. The third-order valence-electron chi connectivity index (χ3n) is 2.35.